The van der Waals surface area contributed by atoms with Gasteiger partial charge < -0.3 is 4.74 Å². The van der Waals surface area contributed by atoms with Crippen LogP contribution < -0.4 is 10.2 Å². The first-order valence-electron chi connectivity index (χ1n) is 7.81. The second kappa shape index (κ2) is 7.35. The number of benzene rings is 2. The normalized spacial score (nSPS) is 13.3. The van der Waals surface area contributed by atoms with Gasteiger partial charge in [-0.2, -0.15) is 0 Å². The predicted octanol–water partition coefficient (Wildman–Crippen LogP) is 4.27. The maximum atomic E-state index is 6.00. The van der Waals surface area contributed by atoms with Crippen molar-refractivity contribution in [3.8, 4) is 5.75 Å². The summed E-state index contributed by atoms with van der Waals surface area (Å²) in [6.45, 7) is 6.66. The van der Waals surface area contributed by atoms with E-state index in [1.165, 1.54) is 24.0 Å². The van der Waals surface area contributed by atoms with Gasteiger partial charge in [-0.05, 0) is 42.9 Å². The van der Waals surface area contributed by atoms with Crippen LogP contribution in [0.3, 0.4) is 0 Å². The summed E-state index contributed by atoms with van der Waals surface area (Å²) < 4.78 is 5.98. The summed E-state index contributed by atoms with van der Waals surface area (Å²) in [7, 11) is 6.00. The van der Waals surface area contributed by atoms with Crippen LogP contribution in [0, 0.1) is 6.92 Å². The van der Waals surface area contributed by atoms with E-state index in [4.69, 9.17) is 12.6 Å². The van der Waals surface area contributed by atoms with E-state index in [2.05, 4.69) is 25.1 Å². The Balaban J connectivity index is 0.000000774. The predicted molar refractivity (Wildman–Crippen MR) is 90.7 cm³/mol. The maximum absolute atomic E-state index is 6.00. The summed E-state index contributed by atoms with van der Waals surface area (Å²) in [4.78, 5) is 0. The molecule has 0 N–H and O–H groups in total. The topological polar surface area (TPSA) is 9.23 Å². The highest BCUT2D eigenvalue weighted by Gasteiger charge is 2.27. The smallest absolute Gasteiger partial charge is 0.122 e. The van der Waals surface area contributed by atoms with Gasteiger partial charge in [0, 0.05) is 0 Å². The van der Waals surface area contributed by atoms with Gasteiger partial charge in [0.25, 0.3) is 0 Å². The lowest BCUT2D eigenvalue weighted by atomic mass is 9.88. The molecule has 108 valence electrons. The molecule has 2 radical (unpaired) electrons. The molecule has 3 rings (SSSR count). The summed E-state index contributed by atoms with van der Waals surface area (Å²) in [5, 5.41) is 0. The van der Waals surface area contributed by atoms with Gasteiger partial charge in [-0.15, -0.1) is 0 Å². The van der Waals surface area contributed by atoms with Crippen LogP contribution in [0.25, 0.3) is 0 Å². The summed E-state index contributed by atoms with van der Waals surface area (Å²) in [6.07, 6.45) is 2.54. The second-order valence-electron chi connectivity index (χ2n) is 5.30. The quantitative estimate of drug-likeness (QED) is 0.759. The van der Waals surface area contributed by atoms with Crippen LogP contribution in [0.15, 0.2) is 42.5 Å². The molecule has 0 amide bonds. The fraction of sp³-hybridized carbons (Fsp3) is 0.368. The Kier molecular flexibility index (Phi) is 5.49. The van der Waals surface area contributed by atoms with Gasteiger partial charge in [-0.1, -0.05) is 61.3 Å². The molecular formula is C19H23BO. The van der Waals surface area contributed by atoms with Crippen molar-refractivity contribution in [2.24, 2.45) is 0 Å². The van der Waals surface area contributed by atoms with Crippen molar-refractivity contribution in [3.63, 3.8) is 0 Å². The van der Waals surface area contributed by atoms with E-state index in [-0.39, 0.29) is 0 Å². The summed E-state index contributed by atoms with van der Waals surface area (Å²) in [5.41, 5.74) is 4.47. The number of hydrogen-bond donors (Lipinski definition) is 0. The van der Waals surface area contributed by atoms with E-state index in [0.717, 1.165) is 16.8 Å². The molecule has 0 spiro atoms. The lowest BCUT2D eigenvalue weighted by Gasteiger charge is -2.14. The molecule has 2 aromatic rings. The lowest BCUT2D eigenvalue weighted by Crippen LogP contribution is -2.10. The third-order valence-corrected chi connectivity index (χ3v) is 3.65. The molecule has 1 aliphatic rings. The zero-order valence-electron chi connectivity index (χ0n) is 13.2. The molecule has 1 aliphatic carbocycles. The van der Waals surface area contributed by atoms with E-state index in [0.29, 0.717) is 12.5 Å². The second-order valence-corrected chi connectivity index (χ2v) is 5.30. The minimum Gasteiger partial charge on any atom is -0.489 e. The molecule has 2 heteroatoms. The monoisotopic (exact) mass is 278 g/mol. The van der Waals surface area contributed by atoms with Crippen LogP contribution >= 0.6 is 0 Å². The van der Waals surface area contributed by atoms with Crippen LogP contribution in [0.1, 0.15) is 49.3 Å². The van der Waals surface area contributed by atoms with Crippen molar-refractivity contribution in [3.05, 3.63) is 59.2 Å². The zero-order chi connectivity index (χ0) is 15.2. The van der Waals surface area contributed by atoms with Crippen molar-refractivity contribution >= 4 is 13.3 Å². The van der Waals surface area contributed by atoms with E-state index < -0.39 is 0 Å². The van der Waals surface area contributed by atoms with E-state index in [1.807, 2.05) is 38.1 Å². The Morgan fingerprint density at radius 1 is 1.10 bits per heavy atom. The van der Waals surface area contributed by atoms with Crippen molar-refractivity contribution in [1.82, 2.24) is 0 Å². The van der Waals surface area contributed by atoms with Gasteiger partial charge in [0.1, 0.15) is 20.2 Å². The first kappa shape index (κ1) is 15.7. The average Bonchev–Trinajstić information content (AvgIpc) is 3.36. The molecule has 2 aromatic carbocycles. The highest BCUT2D eigenvalue weighted by atomic mass is 16.5. The van der Waals surface area contributed by atoms with Crippen molar-refractivity contribution in [1.29, 1.82) is 0 Å². The number of hydrogen-bond acceptors (Lipinski definition) is 1. The number of rotatable bonds is 4. The molecule has 0 atom stereocenters. The number of ether oxygens (including phenoxy) is 1. The molecule has 0 aromatic heterocycles. The van der Waals surface area contributed by atoms with E-state index in [9.17, 15) is 0 Å². The van der Waals surface area contributed by atoms with Crippen LogP contribution in [0.5, 0.6) is 5.75 Å². The fourth-order valence-corrected chi connectivity index (χ4v) is 2.30. The highest BCUT2D eigenvalue weighted by Crippen LogP contribution is 2.44. The highest BCUT2D eigenvalue weighted by molar-refractivity contribution is 6.33. The van der Waals surface area contributed by atoms with Crippen molar-refractivity contribution < 1.29 is 4.74 Å². The minimum absolute atomic E-state index is 0.600. The molecule has 0 saturated heterocycles. The van der Waals surface area contributed by atoms with Crippen molar-refractivity contribution in [2.75, 3.05) is 0 Å². The third kappa shape index (κ3) is 4.14. The molecule has 1 nitrogen and oxygen atoms in total. The SMILES string of the molecule is CC.[B]c1cc(OCc2ccccc2)c(C2CC2)cc1C. The molecule has 1 saturated carbocycles. The van der Waals surface area contributed by atoms with Gasteiger partial charge in [-0.3, -0.25) is 0 Å². The van der Waals surface area contributed by atoms with E-state index in [1.54, 1.807) is 0 Å². The lowest BCUT2D eigenvalue weighted by molar-refractivity contribution is 0.303. The van der Waals surface area contributed by atoms with Crippen molar-refractivity contribution in [2.45, 2.75) is 46.1 Å². The van der Waals surface area contributed by atoms with Gasteiger partial charge in [0.05, 0.1) is 0 Å². The summed E-state index contributed by atoms with van der Waals surface area (Å²) in [6, 6.07) is 14.4. The Morgan fingerprint density at radius 2 is 1.76 bits per heavy atom. The fourth-order valence-electron chi connectivity index (χ4n) is 2.30. The van der Waals surface area contributed by atoms with Gasteiger partial charge in [0.2, 0.25) is 0 Å². The Hall–Kier alpha value is -1.70. The van der Waals surface area contributed by atoms with Gasteiger partial charge >= 0.3 is 0 Å². The summed E-state index contributed by atoms with van der Waals surface area (Å²) >= 11 is 0. The van der Waals surface area contributed by atoms with Crippen LogP contribution in [-0.4, -0.2) is 7.85 Å². The third-order valence-electron chi connectivity index (χ3n) is 3.65. The van der Waals surface area contributed by atoms with E-state index >= 15 is 0 Å². The van der Waals surface area contributed by atoms with Gasteiger partial charge in [0.15, 0.2) is 0 Å². The molecule has 0 heterocycles. The molecule has 0 unspecified atom stereocenters. The standard InChI is InChI=1S/C17H17BO.C2H6/c1-12-9-15(14-7-8-14)17(10-16(12)18)19-11-13-5-3-2-4-6-13;1-2/h2-6,9-10,14H,7-8,11H2,1H3;1-2H3. The number of aryl methyl sites for hydroxylation is 1. The molecular weight excluding hydrogens is 255 g/mol. The Bertz CT molecular complexity index is 574. The average molecular weight is 278 g/mol. The Labute approximate surface area is 129 Å². The largest absolute Gasteiger partial charge is 0.489 e. The summed E-state index contributed by atoms with van der Waals surface area (Å²) in [5.74, 6) is 1.62. The van der Waals surface area contributed by atoms with Crippen LogP contribution in [-0.2, 0) is 6.61 Å². The molecule has 0 bridgehead atoms. The minimum atomic E-state index is 0.600. The zero-order valence-corrected chi connectivity index (χ0v) is 13.2. The molecule has 1 fully saturated rings. The first-order chi connectivity index (χ1) is 10.2. The molecule has 0 aliphatic heterocycles. The Morgan fingerprint density at radius 3 is 2.38 bits per heavy atom. The van der Waals surface area contributed by atoms with Crippen LogP contribution in [0.2, 0.25) is 0 Å². The van der Waals surface area contributed by atoms with Crippen LogP contribution in [0.4, 0.5) is 0 Å². The van der Waals surface area contributed by atoms with Gasteiger partial charge in [-0.25, -0.2) is 0 Å². The first-order valence-corrected chi connectivity index (χ1v) is 7.81. The molecule has 21 heavy (non-hydrogen) atoms. The maximum Gasteiger partial charge on any atom is 0.122 e.